The van der Waals surface area contributed by atoms with Crippen LogP contribution in [0.25, 0.3) is 0 Å². The molecule has 0 bridgehead atoms. The van der Waals surface area contributed by atoms with Crippen LogP contribution in [-0.2, 0) is 4.74 Å². The Hall–Kier alpha value is -0.120. The van der Waals surface area contributed by atoms with Crippen LogP contribution in [0.3, 0.4) is 0 Å². The molecule has 3 nitrogen and oxygen atoms in total. The van der Waals surface area contributed by atoms with Crippen molar-refractivity contribution in [3.05, 3.63) is 0 Å². The van der Waals surface area contributed by atoms with Crippen molar-refractivity contribution in [1.82, 2.24) is 0 Å². The zero-order valence-electron chi connectivity index (χ0n) is 7.83. The minimum atomic E-state index is -1.10. The molecule has 1 heterocycles. The molecular formula is C9H20O3. The van der Waals surface area contributed by atoms with Crippen LogP contribution >= 0.6 is 0 Å². The van der Waals surface area contributed by atoms with Gasteiger partial charge in [-0.1, -0.05) is 13.3 Å². The van der Waals surface area contributed by atoms with Gasteiger partial charge in [0.15, 0.2) is 6.29 Å². The Bertz CT molecular complexity index is 68.3. The smallest absolute Gasteiger partial charge is 0.151 e. The molecule has 2 N–H and O–H groups in total. The van der Waals surface area contributed by atoms with E-state index >= 15 is 0 Å². The molecule has 0 aromatic heterocycles. The minimum absolute atomic E-state index is 0.486. The molecule has 0 aromatic rings. The van der Waals surface area contributed by atoms with E-state index in [4.69, 9.17) is 14.9 Å². The van der Waals surface area contributed by atoms with Crippen LogP contribution in [0, 0.1) is 0 Å². The van der Waals surface area contributed by atoms with Gasteiger partial charge in [-0.2, -0.15) is 0 Å². The van der Waals surface area contributed by atoms with Crippen LogP contribution in [0.5, 0.6) is 0 Å². The third-order valence-electron chi connectivity index (χ3n) is 1.62. The molecule has 0 saturated carbocycles. The maximum Gasteiger partial charge on any atom is 0.151 e. The predicted octanol–water partition coefficient (Wildman–Crippen LogP) is 1.28. The molecular weight excluding hydrogens is 156 g/mol. The molecule has 0 radical (unpaired) electrons. The first-order valence-corrected chi connectivity index (χ1v) is 4.71. The van der Waals surface area contributed by atoms with E-state index in [1.165, 1.54) is 19.3 Å². The van der Waals surface area contributed by atoms with E-state index in [1.807, 2.05) is 6.92 Å². The summed E-state index contributed by atoms with van der Waals surface area (Å²) >= 11 is 0. The highest BCUT2D eigenvalue weighted by atomic mass is 16.5. The second-order valence-corrected chi connectivity index (χ2v) is 2.94. The van der Waals surface area contributed by atoms with E-state index in [0.29, 0.717) is 6.42 Å². The fourth-order valence-corrected chi connectivity index (χ4v) is 0.945. The summed E-state index contributed by atoms with van der Waals surface area (Å²) in [5, 5.41) is 16.2. The van der Waals surface area contributed by atoms with Gasteiger partial charge in [0.25, 0.3) is 0 Å². The number of hydrogen-bond donors (Lipinski definition) is 2. The summed E-state index contributed by atoms with van der Waals surface area (Å²) in [6, 6.07) is 0. The summed E-state index contributed by atoms with van der Waals surface area (Å²) < 4.78 is 5.07. The summed E-state index contributed by atoms with van der Waals surface area (Å²) in [6.07, 6.45) is 4.15. The van der Waals surface area contributed by atoms with Crippen molar-refractivity contribution in [2.75, 3.05) is 13.2 Å². The maximum atomic E-state index is 8.11. The van der Waals surface area contributed by atoms with Gasteiger partial charge >= 0.3 is 0 Å². The molecule has 12 heavy (non-hydrogen) atoms. The molecule has 3 heteroatoms. The second-order valence-electron chi connectivity index (χ2n) is 2.94. The van der Waals surface area contributed by atoms with Crippen molar-refractivity contribution in [3.8, 4) is 0 Å². The van der Waals surface area contributed by atoms with Crippen LogP contribution in [-0.4, -0.2) is 29.7 Å². The first-order chi connectivity index (χ1) is 5.77. The molecule has 0 spiro atoms. The highest BCUT2D eigenvalue weighted by molar-refractivity contribution is 4.45. The lowest BCUT2D eigenvalue weighted by Gasteiger charge is -2.08. The Morgan fingerprint density at radius 3 is 1.83 bits per heavy atom. The lowest BCUT2D eigenvalue weighted by Crippen LogP contribution is -2.03. The molecule has 0 atom stereocenters. The first-order valence-electron chi connectivity index (χ1n) is 4.71. The molecule has 1 rings (SSSR count). The van der Waals surface area contributed by atoms with Gasteiger partial charge in [-0.15, -0.1) is 0 Å². The van der Waals surface area contributed by atoms with Gasteiger partial charge in [0, 0.05) is 13.2 Å². The van der Waals surface area contributed by atoms with Crippen LogP contribution in [0.4, 0.5) is 0 Å². The molecule has 74 valence electrons. The van der Waals surface area contributed by atoms with Crippen molar-refractivity contribution < 1.29 is 14.9 Å². The van der Waals surface area contributed by atoms with Crippen molar-refractivity contribution in [3.63, 3.8) is 0 Å². The quantitative estimate of drug-likeness (QED) is 0.623. The van der Waals surface area contributed by atoms with Gasteiger partial charge in [0.2, 0.25) is 0 Å². The van der Waals surface area contributed by atoms with Crippen molar-refractivity contribution in [1.29, 1.82) is 0 Å². The number of aliphatic hydroxyl groups excluding tert-OH is 1. The fourth-order valence-electron chi connectivity index (χ4n) is 0.945. The maximum absolute atomic E-state index is 8.11. The number of rotatable bonds is 2. The Balaban J connectivity index is 0.000000202. The third kappa shape index (κ3) is 9.88. The monoisotopic (exact) mass is 176 g/mol. The highest BCUT2D eigenvalue weighted by Gasteiger charge is 1.95. The molecule has 0 aliphatic carbocycles. The largest absolute Gasteiger partial charge is 0.381 e. The van der Waals surface area contributed by atoms with Crippen LogP contribution in [0.1, 0.15) is 39.0 Å². The number of ether oxygens (including phenoxy) is 1. The minimum Gasteiger partial charge on any atom is -0.381 e. The molecule has 0 amide bonds. The van der Waals surface area contributed by atoms with Gasteiger partial charge < -0.3 is 14.9 Å². The van der Waals surface area contributed by atoms with Crippen LogP contribution in [0.15, 0.2) is 0 Å². The summed E-state index contributed by atoms with van der Waals surface area (Å²) in [7, 11) is 0. The molecule has 1 fully saturated rings. The van der Waals surface area contributed by atoms with E-state index in [9.17, 15) is 0 Å². The van der Waals surface area contributed by atoms with E-state index in [2.05, 4.69) is 0 Å². The Labute approximate surface area is 74.4 Å². The normalized spacial score (nSPS) is 17.0. The molecule has 1 saturated heterocycles. The van der Waals surface area contributed by atoms with Gasteiger partial charge in [-0.25, -0.2) is 0 Å². The lowest BCUT2D eigenvalue weighted by molar-refractivity contribution is -0.0453. The lowest BCUT2D eigenvalue weighted by atomic mass is 10.2. The van der Waals surface area contributed by atoms with E-state index in [1.54, 1.807) is 0 Å². The van der Waals surface area contributed by atoms with Gasteiger partial charge in [0.05, 0.1) is 0 Å². The average Bonchev–Trinajstić information content (AvgIpc) is 2.08. The van der Waals surface area contributed by atoms with Crippen molar-refractivity contribution in [2.45, 2.75) is 45.3 Å². The Morgan fingerprint density at radius 1 is 1.17 bits per heavy atom. The van der Waals surface area contributed by atoms with E-state index in [-0.39, 0.29) is 0 Å². The predicted molar refractivity (Wildman–Crippen MR) is 47.8 cm³/mol. The topological polar surface area (TPSA) is 49.7 Å². The molecule has 0 aromatic carbocycles. The number of hydrogen-bond acceptors (Lipinski definition) is 3. The first kappa shape index (κ1) is 11.9. The fraction of sp³-hybridized carbons (Fsp3) is 1.00. The highest BCUT2D eigenvalue weighted by Crippen LogP contribution is 2.02. The van der Waals surface area contributed by atoms with E-state index < -0.39 is 6.29 Å². The average molecular weight is 176 g/mol. The van der Waals surface area contributed by atoms with Crippen molar-refractivity contribution in [2.24, 2.45) is 0 Å². The Kier molecular flexibility index (Phi) is 8.88. The van der Waals surface area contributed by atoms with Gasteiger partial charge in [0.1, 0.15) is 0 Å². The van der Waals surface area contributed by atoms with Crippen molar-refractivity contribution >= 4 is 0 Å². The zero-order valence-corrected chi connectivity index (χ0v) is 7.83. The van der Waals surface area contributed by atoms with Gasteiger partial charge in [-0.05, 0) is 25.7 Å². The standard InChI is InChI=1S/C5H10O.C4H10O2/c1-2-4-6-5-3-1;1-2-3-4(5)6/h1-5H2;4-6H,2-3H2,1H3. The van der Waals surface area contributed by atoms with E-state index in [0.717, 1.165) is 19.6 Å². The third-order valence-corrected chi connectivity index (χ3v) is 1.62. The molecule has 0 unspecified atom stereocenters. The zero-order chi connectivity index (χ0) is 9.23. The summed E-state index contributed by atoms with van der Waals surface area (Å²) in [5.41, 5.74) is 0. The SMILES string of the molecule is C1CCOCC1.CCCC(O)O. The van der Waals surface area contributed by atoms with Gasteiger partial charge in [-0.3, -0.25) is 0 Å². The summed E-state index contributed by atoms with van der Waals surface area (Å²) in [4.78, 5) is 0. The van der Waals surface area contributed by atoms with Crippen LogP contribution < -0.4 is 0 Å². The summed E-state index contributed by atoms with van der Waals surface area (Å²) in [5.74, 6) is 0. The molecule has 1 aliphatic rings. The Morgan fingerprint density at radius 2 is 1.75 bits per heavy atom. The second kappa shape index (κ2) is 8.97. The summed E-state index contributed by atoms with van der Waals surface area (Å²) in [6.45, 7) is 3.90. The number of aliphatic hydroxyl groups is 2. The van der Waals surface area contributed by atoms with Crippen LogP contribution in [0.2, 0.25) is 0 Å². The molecule has 1 aliphatic heterocycles.